The number of hydrogen-bond donors (Lipinski definition) is 3. The lowest BCUT2D eigenvalue weighted by atomic mass is 9.96. The zero-order chi connectivity index (χ0) is 18.1. The van der Waals surface area contributed by atoms with Gasteiger partial charge in [0.2, 0.25) is 0 Å². The number of benzene rings is 1. The third kappa shape index (κ3) is 7.51. The van der Waals surface area contributed by atoms with Crippen LogP contribution in [0, 0.1) is 0 Å². The number of nitrogens with one attached hydrogen (secondary N) is 3. The fraction of sp³-hybridized carbons (Fsp3) is 0.600. The summed E-state index contributed by atoms with van der Waals surface area (Å²) in [5, 5.41) is 9.86. The van der Waals surface area contributed by atoms with Crippen LogP contribution in [0.15, 0.2) is 29.3 Å². The Morgan fingerprint density at radius 2 is 1.85 bits per heavy atom. The molecule has 0 bridgehead atoms. The van der Waals surface area contributed by atoms with E-state index in [4.69, 9.17) is 0 Å². The van der Waals surface area contributed by atoms with E-state index in [0.29, 0.717) is 18.2 Å². The Morgan fingerprint density at radius 1 is 1.19 bits per heavy atom. The Balaban J connectivity index is 0.00000338. The molecule has 1 fully saturated rings. The predicted molar refractivity (Wildman–Crippen MR) is 119 cm³/mol. The molecule has 1 amide bonds. The first-order valence-electron chi connectivity index (χ1n) is 9.49. The standard InChI is InChI=1S/C20H32N4O.HI/c1-4-15(2)23-19(25)17-12-10-16(11-13-17)14-22-20(21-3)24-18-8-6-5-7-9-18;/h10-13,15,18H,4-9,14H2,1-3H3,(H,23,25)(H2,21,22,24);1H. The molecule has 1 aliphatic carbocycles. The molecular formula is C20H33IN4O. The first-order chi connectivity index (χ1) is 12.1. The number of hydrogen-bond acceptors (Lipinski definition) is 2. The molecule has 6 heteroatoms. The van der Waals surface area contributed by atoms with Crippen molar-refractivity contribution in [3.8, 4) is 0 Å². The Hall–Kier alpha value is -1.31. The van der Waals surface area contributed by atoms with Gasteiger partial charge in [0.05, 0.1) is 0 Å². The number of rotatable bonds is 6. The lowest BCUT2D eigenvalue weighted by Crippen LogP contribution is -2.43. The number of guanidine groups is 1. The summed E-state index contributed by atoms with van der Waals surface area (Å²) in [4.78, 5) is 16.4. The van der Waals surface area contributed by atoms with E-state index in [9.17, 15) is 4.79 Å². The van der Waals surface area contributed by atoms with E-state index in [1.165, 1.54) is 32.1 Å². The van der Waals surface area contributed by atoms with Gasteiger partial charge in [-0.15, -0.1) is 24.0 Å². The van der Waals surface area contributed by atoms with Crippen molar-refractivity contribution in [2.75, 3.05) is 7.05 Å². The van der Waals surface area contributed by atoms with Crippen LogP contribution in [0.3, 0.4) is 0 Å². The van der Waals surface area contributed by atoms with Gasteiger partial charge in [-0.05, 0) is 43.9 Å². The molecule has 1 atom stereocenters. The molecule has 146 valence electrons. The van der Waals surface area contributed by atoms with Crippen molar-refractivity contribution >= 4 is 35.8 Å². The molecule has 0 saturated heterocycles. The van der Waals surface area contributed by atoms with Crippen LogP contribution in [0.4, 0.5) is 0 Å². The second-order valence-electron chi connectivity index (χ2n) is 6.88. The van der Waals surface area contributed by atoms with Crippen LogP contribution in [0.2, 0.25) is 0 Å². The minimum atomic E-state index is -0.0105. The maximum Gasteiger partial charge on any atom is 0.251 e. The SMILES string of the molecule is CCC(C)NC(=O)c1ccc(CNC(=NC)NC2CCCCC2)cc1.I. The Kier molecular flexibility index (Phi) is 10.6. The highest BCUT2D eigenvalue weighted by Gasteiger charge is 2.14. The van der Waals surface area contributed by atoms with Gasteiger partial charge in [0, 0.05) is 31.2 Å². The molecule has 1 unspecified atom stereocenters. The predicted octanol–water partition coefficient (Wildman–Crippen LogP) is 3.83. The zero-order valence-corrected chi connectivity index (χ0v) is 18.5. The molecule has 0 aromatic heterocycles. The van der Waals surface area contributed by atoms with Crippen LogP contribution in [0.1, 0.15) is 68.3 Å². The Morgan fingerprint density at radius 3 is 2.42 bits per heavy atom. The van der Waals surface area contributed by atoms with Gasteiger partial charge in [0.15, 0.2) is 5.96 Å². The monoisotopic (exact) mass is 472 g/mol. The molecule has 1 aliphatic rings. The summed E-state index contributed by atoms with van der Waals surface area (Å²) < 4.78 is 0. The molecule has 3 N–H and O–H groups in total. The van der Waals surface area contributed by atoms with Crippen LogP contribution in [0.25, 0.3) is 0 Å². The summed E-state index contributed by atoms with van der Waals surface area (Å²) in [6.07, 6.45) is 7.33. The highest BCUT2D eigenvalue weighted by atomic mass is 127. The van der Waals surface area contributed by atoms with E-state index in [1.54, 1.807) is 7.05 Å². The summed E-state index contributed by atoms with van der Waals surface area (Å²) in [5.41, 5.74) is 1.83. The van der Waals surface area contributed by atoms with Crippen LogP contribution >= 0.6 is 24.0 Å². The van der Waals surface area contributed by atoms with E-state index in [1.807, 2.05) is 31.2 Å². The lowest BCUT2D eigenvalue weighted by molar-refractivity contribution is 0.0939. The summed E-state index contributed by atoms with van der Waals surface area (Å²) in [5.74, 6) is 0.842. The fourth-order valence-electron chi connectivity index (χ4n) is 3.00. The van der Waals surface area contributed by atoms with Gasteiger partial charge in [0.1, 0.15) is 0 Å². The highest BCUT2D eigenvalue weighted by Crippen LogP contribution is 2.17. The largest absolute Gasteiger partial charge is 0.354 e. The highest BCUT2D eigenvalue weighted by molar-refractivity contribution is 14.0. The average Bonchev–Trinajstić information content (AvgIpc) is 2.66. The average molecular weight is 472 g/mol. The van der Waals surface area contributed by atoms with Crippen molar-refractivity contribution in [1.82, 2.24) is 16.0 Å². The summed E-state index contributed by atoms with van der Waals surface area (Å²) in [7, 11) is 1.81. The number of carbonyl (C=O) groups excluding carboxylic acids is 1. The van der Waals surface area contributed by atoms with E-state index in [2.05, 4.69) is 27.9 Å². The molecule has 0 spiro atoms. The molecule has 1 saturated carbocycles. The summed E-state index contributed by atoms with van der Waals surface area (Å²) in [6, 6.07) is 8.48. The number of halogens is 1. The van der Waals surface area contributed by atoms with Crippen molar-refractivity contribution in [2.24, 2.45) is 4.99 Å². The van der Waals surface area contributed by atoms with Crippen molar-refractivity contribution in [1.29, 1.82) is 0 Å². The van der Waals surface area contributed by atoms with Crippen molar-refractivity contribution in [3.63, 3.8) is 0 Å². The summed E-state index contributed by atoms with van der Waals surface area (Å²) in [6.45, 7) is 4.77. The van der Waals surface area contributed by atoms with Gasteiger partial charge in [0.25, 0.3) is 5.91 Å². The third-order valence-corrected chi connectivity index (χ3v) is 4.84. The van der Waals surface area contributed by atoms with Gasteiger partial charge < -0.3 is 16.0 Å². The first kappa shape index (κ1) is 22.7. The lowest BCUT2D eigenvalue weighted by Gasteiger charge is -2.24. The van der Waals surface area contributed by atoms with E-state index >= 15 is 0 Å². The fourth-order valence-corrected chi connectivity index (χ4v) is 3.00. The van der Waals surface area contributed by atoms with Crippen LogP contribution in [-0.2, 0) is 6.54 Å². The normalized spacial score (nSPS) is 16.3. The molecule has 1 aromatic carbocycles. The maximum atomic E-state index is 12.1. The number of amides is 1. The molecule has 0 heterocycles. The smallest absolute Gasteiger partial charge is 0.251 e. The van der Waals surface area contributed by atoms with Gasteiger partial charge in [-0.25, -0.2) is 0 Å². The molecule has 5 nitrogen and oxygen atoms in total. The van der Waals surface area contributed by atoms with Crippen molar-refractivity contribution < 1.29 is 4.79 Å². The van der Waals surface area contributed by atoms with E-state index in [0.717, 1.165) is 17.9 Å². The molecule has 2 rings (SSSR count). The molecule has 0 aliphatic heterocycles. The number of aliphatic imine (C=N–C) groups is 1. The van der Waals surface area contributed by atoms with Crippen LogP contribution in [-0.4, -0.2) is 31.0 Å². The first-order valence-corrected chi connectivity index (χ1v) is 9.49. The van der Waals surface area contributed by atoms with Crippen LogP contribution < -0.4 is 16.0 Å². The third-order valence-electron chi connectivity index (χ3n) is 4.84. The molecule has 26 heavy (non-hydrogen) atoms. The van der Waals surface area contributed by atoms with E-state index < -0.39 is 0 Å². The molecular weight excluding hydrogens is 439 g/mol. The number of carbonyl (C=O) groups is 1. The maximum absolute atomic E-state index is 12.1. The quantitative estimate of drug-likeness (QED) is 0.335. The van der Waals surface area contributed by atoms with Gasteiger partial charge >= 0.3 is 0 Å². The second kappa shape index (κ2) is 12.1. The molecule has 1 aromatic rings. The number of nitrogens with zero attached hydrogens (tertiary/aromatic N) is 1. The van der Waals surface area contributed by atoms with Gasteiger partial charge in [-0.3, -0.25) is 9.79 Å². The van der Waals surface area contributed by atoms with E-state index in [-0.39, 0.29) is 35.9 Å². The topological polar surface area (TPSA) is 65.5 Å². The second-order valence-corrected chi connectivity index (χ2v) is 6.88. The minimum Gasteiger partial charge on any atom is -0.354 e. The van der Waals surface area contributed by atoms with Crippen LogP contribution in [0.5, 0.6) is 0 Å². The van der Waals surface area contributed by atoms with Gasteiger partial charge in [-0.2, -0.15) is 0 Å². The summed E-state index contributed by atoms with van der Waals surface area (Å²) >= 11 is 0. The minimum absolute atomic E-state index is 0. The Labute approximate surface area is 174 Å². The van der Waals surface area contributed by atoms with Crippen molar-refractivity contribution in [2.45, 2.75) is 71.0 Å². The zero-order valence-electron chi connectivity index (χ0n) is 16.2. The Bertz CT molecular complexity index is 568. The van der Waals surface area contributed by atoms with Crippen molar-refractivity contribution in [3.05, 3.63) is 35.4 Å². The van der Waals surface area contributed by atoms with Gasteiger partial charge in [-0.1, -0.05) is 38.3 Å². The molecule has 0 radical (unpaired) electrons.